The summed E-state index contributed by atoms with van der Waals surface area (Å²) in [6.45, 7) is 4.80. The molecule has 144 valence electrons. The van der Waals surface area contributed by atoms with Crippen LogP contribution in [0.15, 0.2) is 35.1 Å². The summed E-state index contributed by atoms with van der Waals surface area (Å²) in [6, 6.07) is 10.1. The third-order valence-corrected chi connectivity index (χ3v) is 5.75. The van der Waals surface area contributed by atoms with Crippen LogP contribution in [0, 0.1) is 0 Å². The van der Waals surface area contributed by atoms with E-state index in [4.69, 9.17) is 9.72 Å². The topological polar surface area (TPSA) is 61.2 Å². The van der Waals surface area contributed by atoms with Gasteiger partial charge in [0.1, 0.15) is 6.29 Å². The summed E-state index contributed by atoms with van der Waals surface area (Å²) in [4.78, 5) is 29.9. The molecular weight excluding hydrogens is 352 g/mol. The van der Waals surface area contributed by atoms with Crippen LogP contribution >= 0.6 is 0 Å². The maximum Gasteiger partial charge on any atom is 0.257 e. The first-order valence-electron chi connectivity index (χ1n) is 9.76. The Morgan fingerprint density at radius 2 is 2.04 bits per heavy atom. The molecule has 0 saturated carbocycles. The van der Waals surface area contributed by atoms with E-state index in [0.29, 0.717) is 18.5 Å². The van der Waals surface area contributed by atoms with E-state index in [-0.39, 0.29) is 18.1 Å². The molecule has 3 aromatic rings. The van der Waals surface area contributed by atoms with Crippen molar-refractivity contribution in [3.8, 4) is 11.4 Å². The molecule has 0 N–H and O–H groups in total. The first-order valence-corrected chi connectivity index (χ1v) is 9.76. The van der Waals surface area contributed by atoms with Crippen LogP contribution in [-0.4, -0.2) is 22.9 Å². The molecular formula is C23H24N2O3. The van der Waals surface area contributed by atoms with Gasteiger partial charge >= 0.3 is 0 Å². The van der Waals surface area contributed by atoms with Crippen molar-refractivity contribution >= 4 is 17.2 Å². The van der Waals surface area contributed by atoms with E-state index in [1.54, 1.807) is 11.7 Å². The summed E-state index contributed by atoms with van der Waals surface area (Å²) in [6.07, 6.45) is 2.44. The molecule has 5 heteroatoms. The van der Waals surface area contributed by atoms with Crippen molar-refractivity contribution < 1.29 is 9.53 Å². The second kappa shape index (κ2) is 7.32. The van der Waals surface area contributed by atoms with Gasteiger partial charge in [0.2, 0.25) is 0 Å². The van der Waals surface area contributed by atoms with Gasteiger partial charge in [-0.2, -0.15) is 0 Å². The fraction of sp³-hybridized carbons (Fsp3) is 0.348. The quantitative estimate of drug-likeness (QED) is 0.480. The SMILES string of the molecule is CCc1c2c(nc3ccccc13)-c1cc(C(C=O)CC)c(COC)c(=O)n1C2. The van der Waals surface area contributed by atoms with Gasteiger partial charge in [0, 0.05) is 29.5 Å². The van der Waals surface area contributed by atoms with Crippen LogP contribution in [0.2, 0.25) is 0 Å². The summed E-state index contributed by atoms with van der Waals surface area (Å²) in [5.74, 6) is -0.320. The Balaban J connectivity index is 2.03. The lowest BCUT2D eigenvalue weighted by Crippen LogP contribution is -2.26. The van der Waals surface area contributed by atoms with Crippen LogP contribution in [0.4, 0.5) is 0 Å². The lowest BCUT2D eigenvalue weighted by atomic mass is 9.93. The molecule has 1 aliphatic rings. The Hall–Kier alpha value is -2.79. The van der Waals surface area contributed by atoms with Crippen molar-refractivity contribution in [1.29, 1.82) is 0 Å². The van der Waals surface area contributed by atoms with E-state index in [0.717, 1.165) is 46.1 Å². The fourth-order valence-corrected chi connectivity index (χ4v) is 4.33. The number of aromatic nitrogens is 2. The Morgan fingerprint density at radius 1 is 1.25 bits per heavy atom. The highest BCUT2D eigenvalue weighted by Gasteiger charge is 2.29. The molecule has 0 aliphatic carbocycles. The summed E-state index contributed by atoms with van der Waals surface area (Å²) < 4.78 is 7.07. The summed E-state index contributed by atoms with van der Waals surface area (Å²) in [5, 5.41) is 1.14. The van der Waals surface area contributed by atoms with Crippen molar-refractivity contribution in [2.45, 2.75) is 45.8 Å². The van der Waals surface area contributed by atoms with Gasteiger partial charge in [-0.05, 0) is 36.1 Å². The number of fused-ring (bicyclic) bond motifs is 4. The molecule has 0 amide bonds. The van der Waals surface area contributed by atoms with E-state index in [1.165, 1.54) is 5.56 Å². The maximum absolute atomic E-state index is 13.3. The molecule has 5 nitrogen and oxygen atoms in total. The number of aryl methyl sites for hydroxylation is 1. The van der Waals surface area contributed by atoms with Crippen LogP contribution in [0.1, 0.15) is 48.4 Å². The van der Waals surface area contributed by atoms with Gasteiger partial charge in [0.05, 0.1) is 30.1 Å². The van der Waals surface area contributed by atoms with E-state index in [9.17, 15) is 9.59 Å². The average Bonchev–Trinajstić information content (AvgIpc) is 3.08. The summed E-state index contributed by atoms with van der Waals surface area (Å²) in [7, 11) is 1.57. The molecule has 28 heavy (non-hydrogen) atoms. The number of benzene rings is 1. The molecule has 1 aromatic carbocycles. The Labute approximate surface area is 164 Å². The predicted molar refractivity (Wildman–Crippen MR) is 110 cm³/mol. The smallest absolute Gasteiger partial charge is 0.257 e. The third kappa shape index (κ3) is 2.69. The highest BCUT2D eigenvalue weighted by molar-refractivity contribution is 5.88. The second-order valence-corrected chi connectivity index (χ2v) is 7.23. The summed E-state index contributed by atoms with van der Waals surface area (Å²) in [5.41, 5.74) is 6.19. The number of pyridine rings is 2. The lowest BCUT2D eigenvalue weighted by molar-refractivity contribution is -0.109. The third-order valence-electron chi connectivity index (χ3n) is 5.75. The van der Waals surface area contributed by atoms with Crippen molar-refractivity contribution in [3.63, 3.8) is 0 Å². The van der Waals surface area contributed by atoms with Crippen LogP contribution in [0.5, 0.6) is 0 Å². The fourth-order valence-electron chi connectivity index (χ4n) is 4.33. The number of hydrogen-bond donors (Lipinski definition) is 0. The largest absolute Gasteiger partial charge is 0.380 e. The Morgan fingerprint density at radius 3 is 2.71 bits per heavy atom. The van der Waals surface area contributed by atoms with Gasteiger partial charge in [-0.25, -0.2) is 4.98 Å². The minimum atomic E-state index is -0.320. The zero-order valence-corrected chi connectivity index (χ0v) is 16.5. The molecule has 0 spiro atoms. The van der Waals surface area contributed by atoms with Gasteiger partial charge in [-0.15, -0.1) is 0 Å². The van der Waals surface area contributed by atoms with Crippen LogP contribution in [-0.2, 0) is 29.1 Å². The number of para-hydroxylation sites is 1. The zero-order chi connectivity index (χ0) is 19.8. The number of aldehydes is 1. The number of carbonyl (C=O) groups excluding carboxylic acids is 1. The molecule has 4 rings (SSSR count). The molecule has 0 radical (unpaired) electrons. The minimum absolute atomic E-state index is 0.0845. The molecule has 1 unspecified atom stereocenters. The standard InChI is InChI=1S/C23H24N2O3/c1-4-14(12-26)17-10-21-22-18(11-25(21)23(27)19(17)13-28-3)15(5-2)16-8-6-7-9-20(16)24-22/h6-10,12,14H,4-5,11,13H2,1-3H3. The summed E-state index contributed by atoms with van der Waals surface area (Å²) >= 11 is 0. The first kappa shape index (κ1) is 18.6. The van der Waals surface area contributed by atoms with Gasteiger partial charge in [0.15, 0.2) is 0 Å². The molecule has 1 aliphatic heterocycles. The van der Waals surface area contributed by atoms with Gasteiger partial charge in [0.25, 0.3) is 5.56 Å². The van der Waals surface area contributed by atoms with E-state index >= 15 is 0 Å². The number of rotatable bonds is 6. The van der Waals surface area contributed by atoms with Crippen LogP contribution in [0.25, 0.3) is 22.3 Å². The number of hydrogen-bond acceptors (Lipinski definition) is 4. The van der Waals surface area contributed by atoms with Crippen molar-refractivity contribution in [3.05, 3.63) is 62.9 Å². The number of ether oxygens (including phenoxy) is 1. The van der Waals surface area contributed by atoms with Crippen molar-refractivity contribution in [2.75, 3.05) is 7.11 Å². The first-order chi connectivity index (χ1) is 13.6. The number of nitrogens with zero attached hydrogens (tertiary/aromatic N) is 2. The van der Waals surface area contributed by atoms with Crippen molar-refractivity contribution in [1.82, 2.24) is 9.55 Å². The minimum Gasteiger partial charge on any atom is -0.380 e. The highest BCUT2D eigenvalue weighted by Crippen LogP contribution is 2.37. The molecule has 0 fully saturated rings. The molecule has 0 bridgehead atoms. The van der Waals surface area contributed by atoms with Gasteiger partial charge < -0.3 is 14.1 Å². The monoisotopic (exact) mass is 376 g/mol. The highest BCUT2D eigenvalue weighted by atomic mass is 16.5. The number of methoxy groups -OCH3 is 1. The predicted octanol–water partition coefficient (Wildman–Crippen LogP) is 3.83. The average molecular weight is 376 g/mol. The molecule has 3 heterocycles. The normalized spacial score (nSPS) is 13.4. The molecule has 0 saturated heterocycles. The van der Waals surface area contributed by atoms with Crippen molar-refractivity contribution in [2.24, 2.45) is 0 Å². The second-order valence-electron chi connectivity index (χ2n) is 7.23. The van der Waals surface area contributed by atoms with E-state index in [1.807, 2.05) is 31.2 Å². The zero-order valence-electron chi connectivity index (χ0n) is 16.5. The van der Waals surface area contributed by atoms with Gasteiger partial charge in [-0.1, -0.05) is 32.0 Å². The number of carbonyl (C=O) groups is 1. The Kier molecular flexibility index (Phi) is 4.85. The lowest BCUT2D eigenvalue weighted by Gasteiger charge is -2.16. The van der Waals surface area contributed by atoms with Crippen LogP contribution in [0.3, 0.4) is 0 Å². The van der Waals surface area contributed by atoms with Crippen LogP contribution < -0.4 is 5.56 Å². The maximum atomic E-state index is 13.3. The van der Waals surface area contributed by atoms with E-state index in [2.05, 4.69) is 13.0 Å². The van der Waals surface area contributed by atoms with E-state index < -0.39 is 0 Å². The van der Waals surface area contributed by atoms with Gasteiger partial charge in [-0.3, -0.25) is 4.79 Å². The Bertz CT molecular complexity index is 1130. The molecule has 1 atom stereocenters. The molecule has 2 aromatic heterocycles.